The minimum Gasteiger partial charge on any atom is -0.367 e. The van der Waals surface area contributed by atoms with Gasteiger partial charge in [0, 0.05) is 17.8 Å². The second kappa shape index (κ2) is 5.16. The average Bonchev–Trinajstić information content (AvgIpc) is 3.14. The lowest BCUT2D eigenvalue weighted by Gasteiger charge is -2.09. The maximum absolute atomic E-state index is 11.1. The molecule has 5 heteroatoms. The van der Waals surface area contributed by atoms with Crippen molar-refractivity contribution >= 4 is 17.8 Å². The molecule has 3 N–H and O–H groups in total. The van der Waals surface area contributed by atoms with Gasteiger partial charge in [-0.2, -0.15) is 0 Å². The van der Waals surface area contributed by atoms with E-state index in [9.17, 15) is 4.79 Å². The monoisotopic (exact) mass is 246 g/mol. The van der Waals surface area contributed by atoms with E-state index in [0.717, 1.165) is 24.8 Å². The number of hydrogen-bond donors (Lipinski definition) is 2. The first-order chi connectivity index (χ1) is 8.60. The largest absolute Gasteiger partial charge is 0.367 e. The molecule has 1 saturated carbocycles. The van der Waals surface area contributed by atoms with Gasteiger partial charge in [0.25, 0.3) is 5.91 Å². The summed E-state index contributed by atoms with van der Waals surface area (Å²) in [6.07, 6.45) is 6.95. The van der Waals surface area contributed by atoms with Crippen LogP contribution in [-0.2, 0) is 0 Å². The number of carbonyl (C=O) groups excluding carboxylic acids is 1. The highest BCUT2D eigenvalue weighted by Crippen LogP contribution is 2.26. The standard InChI is InChI=1S/C13H18N4O/c1-3-8(2)6-9-7-15-13(11(14)18)17-12(9)16-10-4-5-10/h6-7,10H,3-5H2,1-2H3,(H2,14,18)(H,15,16,17)/b8-6+. The highest BCUT2D eigenvalue weighted by molar-refractivity contribution is 5.89. The average molecular weight is 246 g/mol. The van der Waals surface area contributed by atoms with Crippen molar-refractivity contribution in [2.24, 2.45) is 5.73 Å². The smallest absolute Gasteiger partial charge is 0.286 e. The van der Waals surface area contributed by atoms with Crippen LogP contribution >= 0.6 is 0 Å². The lowest BCUT2D eigenvalue weighted by Crippen LogP contribution is -2.17. The minimum absolute atomic E-state index is 0.0597. The van der Waals surface area contributed by atoms with Crippen LogP contribution in [0, 0.1) is 0 Å². The molecule has 1 heterocycles. The number of nitrogens with one attached hydrogen (secondary N) is 1. The zero-order valence-electron chi connectivity index (χ0n) is 10.7. The topological polar surface area (TPSA) is 80.9 Å². The second-order valence-corrected chi connectivity index (χ2v) is 4.62. The zero-order valence-corrected chi connectivity index (χ0v) is 10.7. The zero-order chi connectivity index (χ0) is 13.1. The lowest BCUT2D eigenvalue weighted by molar-refractivity contribution is 0.0990. The Kier molecular flexibility index (Phi) is 3.60. The van der Waals surface area contributed by atoms with Crippen LogP contribution in [0.2, 0.25) is 0 Å². The Bertz CT molecular complexity index is 492. The molecule has 1 fully saturated rings. The first kappa shape index (κ1) is 12.5. The number of primary amides is 1. The Morgan fingerprint density at radius 1 is 1.61 bits per heavy atom. The van der Waals surface area contributed by atoms with E-state index in [4.69, 9.17) is 5.73 Å². The maximum atomic E-state index is 11.1. The predicted molar refractivity (Wildman–Crippen MR) is 71.1 cm³/mol. The quantitative estimate of drug-likeness (QED) is 0.832. The number of hydrogen-bond acceptors (Lipinski definition) is 4. The molecular weight excluding hydrogens is 228 g/mol. The number of amides is 1. The number of aromatic nitrogens is 2. The third kappa shape index (κ3) is 3.06. The Balaban J connectivity index is 2.34. The third-order valence-corrected chi connectivity index (χ3v) is 2.92. The number of nitrogens with two attached hydrogens (primary N) is 1. The molecule has 2 rings (SSSR count). The molecule has 96 valence electrons. The maximum Gasteiger partial charge on any atom is 0.286 e. The molecule has 0 bridgehead atoms. The molecule has 1 aromatic heterocycles. The summed E-state index contributed by atoms with van der Waals surface area (Å²) >= 11 is 0. The van der Waals surface area contributed by atoms with Crippen molar-refractivity contribution in [2.75, 3.05) is 5.32 Å². The van der Waals surface area contributed by atoms with Crippen LogP contribution in [0.25, 0.3) is 6.08 Å². The summed E-state index contributed by atoms with van der Waals surface area (Å²) in [5, 5.41) is 3.31. The van der Waals surface area contributed by atoms with E-state index in [1.165, 1.54) is 5.57 Å². The van der Waals surface area contributed by atoms with E-state index in [1.54, 1.807) is 6.20 Å². The highest BCUT2D eigenvalue weighted by atomic mass is 16.1. The van der Waals surface area contributed by atoms with Crippen molar-refractivity contribution in [1.82, 2.24) is 9.97 Å². The molecule has 0 aromatic carbocycles. The molecular formula is C13H18N4O. The summed E-state index contributed by atoms with van der Waals surface area (Å²) in [6, 6.07) is 0.467. The third-order valence-electron chi connectivity index (χ3n) is 2.92. The molecule has 0 atom stereocenters. The van der Waals surface area contributed by atoms with E-state index in [1.807, 2.05) is 6.08 Å². The molecule has 0 unspecified atom stereocenters. The summed E-state index contributed by atoms with van der Waals surface area (Å²) in [5.41, 5.74) is 7.35. The van der Waals surface area contributed by atoms with Gasteiger partial charge in [-0.1, -0.05) is 18.6 Å². The van der Waals surface area contributed by atoms with Gasteiger partial charge in [-0.15, -0.1) is 0 Å². The molecule has 18 heavy (non-hydrogen) atoms. The van der Waals surface area contributed by atoms with Crippen LogP contribution in [0.1, 0.15) is 49.3 Å². The molecule has 1 aliphatic carbocycles. The van der Waals surface area contributed by atoms with Crippen LogP contribution in [0.3, 0.4) is 0 Å². The number of allylic oxidation sites excluding steroid dienone is 1. The molecule has 5 nitrogen and oxygen atoms in total. The van der Waals surface area contributed by atoms with Gasteiger partial charge in [0.05, 0.1) is 0 Å². The van der Waals surface area contributed by atoms with Crippen molar-refractivity contribution in [1.29, 1.82) is 0 Å². The van der Waals surface area contributed by atoms with Gasteiger partial charge in [-0.05, 0) is 26.2 Å². The van der Waals surface area contributed by atoms with Crippen molar-refractivity contribution in [3.05, 3.63) is 23.2 Å². The van der Waals surface area contributed by atoms with Gasteiger partial charge in [0.15, 0.2) is 0 Å². The summed E-state index contributed by atoms with van der Waals surface area (Å²) in [5.74, 6) is 0.162. The van der Waals surface area contributed by atoms with Crippen LogP contribution in [-0.4, -0.2) is 21.9 Å². The van der Waals surface area contributed by atoms with Gasteiger partial charge >= 0.3 is 0 Å². The van der Waals surface area contributed by atoms with Crippen LogP contribution < -0.4 is 11.1 Å². The number of anilines is 1. The summed E-state index contributed by atoms with van der Waals surface area (Å²) in [6.45, 7) is 4.15. The highest BCUT2D eigenvalue weighted by Gasteiger charge is 2.23. The molecule has 0 aliphatic heterocycles. The number of rotatable bonds is 5. The summed E-state index contributed by atoms with van der Waals surface area (Å²) < 4.78 is 0. The summed E-state index contributed by atoms with van der Waals surface area (Å²) in [4.78, 5) is 19.3. The fraction of sp³-hybridized carbons (Fsp3) is 0.462. The van der Waals surface area contributed by atoms with E-state index in [0.29, 0.717) is 11.9 Å². The Hall–Kier alpha value is -1.91. The van der Waals surface area contributed by atoms with E-state index in [2.05, 4.69) is 29.1 Å². The van der Waals surface area contributed by atoms with Crippen LogP contribution in [0.15, 0.2) is 11.8 Å². The Morgan fingerprint density at radius 2 is 2.33 bits per heavy atom. The first-order valence-electron chi connectivity index (χ1n) is 6.20. The van der Waals surface area contributed by atoms with Gasteiger partial charge in [0.1, 0.15) is 5.82 Å². The van der Waals surface area contributed by atoms with Crippen molar-refractivity contribution in [3.63, 3.8) is 0 Å². The molecule has 0 spiro atoms. The number of nitrogens with zero attached hydrogens (tertiary/aromatic N) is 2. The van der Waals surface area contributed by atoms with E-state index < -0.39 is 5.91 Å². The fourth-order valence-electron chi connectivity index (χ4n) is 1.52. The molecule has 1 aromatic rings. The molecule has 1 aliphatic rings. The van der Waals surface area contributed by atoms with Gasteiger partial charge in [0.2, 0.25) is 5.82 Å². The summed E-state index contributed by atoms with van der Waals surface area (Å²) in [7, 11) is 0. The van der Waals surface area contributed by atoms with E-state index >= 15 is 0 Å². The van der Waals surface area contributed by atoms with Gasteiger partial charge in [-0.3, -0.25) is 4.79 Å². The second-order valence-electron chi connectivity index (χ2n) is 4.62. The fourth-order valence-corrected chi connectivity index (χ4v) is 1.52. The molecule has 1 amide bonds. The van der Waals surface area contributed by atoms with Gasteiger partial charge < -0.3 is 11.1 Å². The molecule has 0 saturated heterocycles. The van der Waals surface area contributed by atoms with Crippen molar-refractivity contribution in [2.45, 2.75) is 39.2 Å². The van der Waals surface area contributed by atoms with Crippen LogP contribution in [0.4, 0.5) is 5.82 Å². The Labute approximate surface area is 107 Å². The van der Waals surface area contributed by atoms with Gasteiger partial charge in [-0.25, -0.2) is 9.97 Å². The normalized spacial score (nSPS) is 15.6. The first-order valence-corrected chi connectivity index (χ1v) is 6.20. The SMILES string of the molecule is CC/C(C)=C/c1cnc(C(N)=O)nc1NC1CC1. The van der Waals surface area contributed by atoms with Crippen LogP contribution in [0.5, 0.6) is 0 Å². The Morgan fingerprint density at radius 3 is 2.89 bits per heavy atom. The number of carbonyl (C=O) groups is 1. The van der Waals surface area contributed by atoms with E-state index in [-0.39, 0.29) is 5.82 Å². The van der Waals surface area contributed by atoms with Crippen molar-refractivity contribution < 1.29 is 4.79 Å². The molecule has 0 radical (unpaired) electrons. The minimum atomic E-state index is -0.600. The lowest BCUT2D eigenvalue weighted by atomic mass is 10.1. The predicted octanol–water partition coefficient (Wildman–Crippen LogP) is 1.96. The van der Waals surface area contributed by atoms with Crippen molar-refractivity contribution in [3.8, 4) is 0 Å².